The average Bonchev–Trinajstić information content (AvgIpc) is 2.19. The number of hydrogen-bond acceptors (Lipinski definition) is 3. The highest BCUT2D eigenvalue weighted by molar-refractivity contribution is 5.10. The lowest BCUT2D eigenvalue weighted by atomic mass is 10.3. The molecule has 7 heteroatoms. The monoisotopic (exact) mass is 237 g/mol. The van der Waals surface area contributed by atoms with Gasteiger partial charge in [0.1, 0.15) is 5.69 Å². The number of halogens is 3. The molecule has 0 fully saturated rings. The fraction of sp³-hybridized carbons (Fsp3) is 0.444. The van der Waals surface area contributed by atoms with E-state index in [0.717, 1.165) is 18.2 Å². The van der Waals surface area contributed by atoms with Crippen LogP contribution in [0.5, 0.6) is 0 Å². The van der Waals surface area contributed by atoms with Crippen LogP contribution >= 0.6 is 0 Å². The second-order valence-corrected chi connectivity index (χ2v) is 3.19. The Morgan fingerprint density at radius 1 is 1.38 bits per heavy atom. The third-order valence-electron chi connectivity index (χ3n) is 1.94. The molecule has 1 aromatic rings. The molecular formula is C9H10F3NO3. The van der Waals surface area contributed by atoms with Gasteiger partial charge in [0.2, 0.25) is 0 Å². The quantitative estimate of drug-likeness (QED) is 0.790. The fourth-order valence-corrected chi connectivity index (χ4v) is 1.22. The number of aliphatic hydroxyl groups is 2. The zero-order valence-corrected chi connectivity index (χ0v) is 8.11. The number of aliphatic hydroxyl groups excluding tert-OH is 2. The van der Waals surface area contributed by atoms with Crippen LogP contribution in [0.25, 0.3) is 0 Å². The van der Waals surface area contributed by atoms with Gasteiger partial charge in [-0.2, -0.15) is 13.2 Å². The Labute approximate surface area is 88.6 Å². The summed E-state index contributed by atoms with van der Waals surface area (Å²) in [4.78, 5) is 11.2. The molecule has 0 amide bonds. The second-order valence-electron chi connectivity index (χ2n) is 3.19. The molecule has 0 aliphatic carbocycles. The summed E-state index contributed by atoms with van der Waals surface area (Å²) in [5.41, 5.74) is -2.02. The molecule has 0 radical (unpaired) electrons. The molecule has 1 aromatic heterocycles. The largest absolute Gasteiger partial charge is 0.431 e. The van der Waals surface area contributed by atoms with E-state index in [0.29, 0.717) is 4.57 Å². The molecule has 0 aliphatic rings. The summed E-state index contributed by atoms with van der Waals surface area (Å²) < 4.78 is 37.8. The van der Waals surface area contributed by atoms with Gasteiger partial charge in [0.05, 0.1) is 19.3 Å². The van der Waals surface area contributed by atoms with Crippen molar-refractivity contribution in [2.45, 2.75) is 18.8 Å². The smallest absolute Gasteiger partial charge is 0.394 e. The highest BCUT2D eigenvalue weighted by Crippen LogP contribution is 2.28. The van der Waals surface area contributed by atoms with Gasteiger partial charge in [-0.05, 0) is 6.07 Å². The van der Waals surface area contributed by atoms with Gasteiger partial charge in [0.15, 0.2) is 0 Å². The molecule has 0 aliphatic heterocycles. The van der Waals surface area contributed by atoms with Crippen molar-refractivity contribution < 1.29 is 23.4 Å². The second kappa shape index (κ2) is 4.67. The van der Waals surface area contributed by atoms with Crippen LogP contribution in [0, 0.1) is 0 Å². The van der Waals surface area contributed by atoms with E-state index in [1.165, 1.54) is 0 Å². The number of alkyl halides is 3. The molecule has 90 valence electrons. The van der Waals surface area contributed by atoms with Crippen LogP contribution < -0.4 is 5.56 Å². The Bertz CT molecular complexity index is 413. The van der Waals surface area contributed by atoms with Gasteiger partial charge in [0.25, 0.3) is 5.56 Å². The summed E-state index contributed by atoms with van der Waals surface area (Å²) in [7, 11) is 0. The Morgan fingerprint density at radius 2 is 2.00 bits per heavy atom. The van der Waals surface area contributed by atoms with Crippen molar-refractivity contribution in [3.8, 4) is 0 Å². The van der Waals surface area contributed by atoms with E-state index in [4.69, 9.17) is 10.2 Å². The predicted octanol–water partition coefficient (Wildman–Crippen LogP) is 0.220. The molecule has 1 heterocycles. The van der Waals surface area contributed by atoms with Crippen LogP contribution in [-0.2, 0) is 12.7 Å². The summed E-state index contributed by atoms with van der Waals surface area (Å²) in [5, 5.41) is 17.6. The van der Waals surface area contributed by atoms with E-state index in [9.17, 15) is 18.0 Å². The SMILES string of the molecule is O=c1cccc(C(F)(F)F)n1CC(O)CO. The van der Waals surface area contributed by atoms with Crippen LogP contribution in [0.3, 0.4) is 0 Å². The molecule has 0 saturated carbocycles. The van der Waals surface area contributed by atoms with Gasteiger partial charge in [-0.3, -0.25) is 4.79 Å². The van der Waals surface area contributed by atoms with Crippen molar-refractivity contribution in [3.05, 3.63) is 34.2 Å². The lowest BCUT2D eigenvalue weighted by Gasteiger charge is -2.16. The van der Waals surface area contributed by atoms with E-state index in [2.05, 4.69) is 0 Å². The molecule has 2 N–H and O–H groups in total. The summed E-state index contributed by atoms with van der Waals surface area (Å²) in [5.74, 6) is 0. The Balaban J connectivity index is 3.20. The topological polar surface area (TPSA) is 62.5 Å². The predicted molar refractivity (Wildman–Crippen MR) is 48.8 cm³/mol. The van der Waals surface area contributed by atoms with Crippen LogP contribution in [-0.4, -0.2) is 27.5 Å². The first-order chi connectivity index (χ1) is 7.36. The standard InChI is InChI=1S/C9H10F3NO3/c10-9(11,12)7-2-1-3-8(16)13(7)4-6(15)5-14/h1-3,6,14-15H,4-5H2. The van der Waals surface area contributed by atoms with Crippen molar-refractivity contribution >= 4 is 0 Å². The fourth-order valence-electron chi connectivity index (χ4n) is 1.22. The van der Waals surface area contributed by atoms with E-state index < -0.39 is 36.7 Å². The Kier molecular flexibility index (Phi) is 3.71. The highest BCUT2D eigenvalue weighted by Gasteiger charge is 2.34. The maximum absolute atomic E-state index is 12.5. The van der Waals surface area contributed by atoms with E-state index in [1.807, 2.05) is 0 Å². The Hall–Kier alpha value is -1.34. The van der Waals surface area contributed by atoms with Crippen molar-refractivity contribution in [3.63, 3.8) is 0 Å². The average molecular weight is 237 g/mol. The number of hydrogen-bond donors (Lipinski definition) is 2. The number of aromatic nitrogens is 1. The molecule has 0 saturated heterocycles. The van der Waals surface area contributed by atoms with Gasteiger partial charge in [-0.25, -0.2) is 0 Å². The summed E-state index contributed by atoms with van der Waals surface area (Å²) in [6, 6.07) is 2.69. The third kappa shape index (κ3) is 2.83. The third-order valence-corrected chi connectivity index (χ3v) is 1.94. The van der Waals surface area contributed by atoms with Gasteiger partial charge in [0, 0.05) is 6.07 Å². The zero-order chi connectivity index (χ0) is 12.3. The molecule has 0 bridgehead atoms. The van der Waals surface area contributed by atoms with Crippen LogP contribution in [0.15, 0.2) is 23.0 Å². The van der Waals surface area contributed by atoms with Gasteiger partial charge < -0.3 is 14.8 Å². The maximum atomic E-state index is 12.5. The molecular weight excluding hydrogens is 227 g/mol. The van der Waals surface area contributed by atoms with Crippen molar-refractivity contribution in [1.82, 2.24) is 4.57 Å². The van der Waals surface area contributed by atoms with Gasteiger partial charge in [-0.1, -0.05) is 6.07 Å². The van der Waals surface area contributed by atoms with E-state index in [1.54, 1.807) is 0 Å². The van der Waals surface area contributed by atoms with E-state index in [-0.39, 0.29) is 0 Å². The van der Waals surface area contributed by atoms with E-state index >= 15 is 0 Å². The minimum Gasteiger partial charge on any atom is -0.394 e. The van der Waals surface area contributed by atoms with Crippen molar-refractivity contribution in [1.29, 1.82) is 0 Å². The maximum Gasteiger partial charge on any atom is 0.431 e. The summed E-state index contributed by atoms with van der Waals surface area (Å²) in [6.07, 6.45) is -6.07. The lowest BCUT2D eigenvalue weighted by molar-refractivity contribution is -0.144. The Morgan fingerprint density at radius 3 is 2.50 bits per heavy atom. The molecule has 1 atom stereocenters. The number of pyridine rings is 1. The molecule has 1 rings (SSSR count). The minimum atomic E-state index is -4.67. The molecule has 16 heavy (non-hydrogen) atoms. The zero-order valence-electron chi connectivity index (χ0n) is 8.11. The first-order valence-corrected chi connectivity index (χ1v) is 4.42. The molecule has 0 spiro atoms. The first-order valence-electron chi connectivity index (χ1n) is 4.42. The highest BCUT2D eigenvalue weighted by atomic mass is 19.4. The normalized spacial score (nSPS) is 13.8. The minimum absolute atomic E-state index is 0.390. The molecule has 4 nitrogen and oxygen atoms in total. The van der Waals surface area contributed by atoms with Crippen LogP contribution in [0.2, 0.25) is 0 Å². The molecule has 0 aromatic carbocycles. The van der Waals surface area contributed by atoms with Crippen LogP contribution in [0.4, 0.5) is 13.2 Å². The number of nitrogens with zero attached hydrogens (tertiary/aromatic N) is 1. The summed E-state index contributed by atoms with van der Waals surface area (Å²) in [6.45, 7) is -1.30. The summed E-state index contributed by atoms with van der Waals surface area (Å²) >= 11 is 0. The molecule has 1 unspecified atom stereocenters. The van der Waals surface area contributed by atoms with Crippen LogP contribution in [0.1, 0.15) is 5.69 Å². The first kappa shape index (κ1) is 12.7. The lowest BCUT2D eigenvalue weighted by Crippen LogP contribution is -2.32. The van der Waals surface area contributed by atoms with Crippen molar-refractivity contribution in [2.24, 2.45) is 0 Å². The number of rotatable bonds is 3. The van der Waals surface area contributed by atoms with Gasteiger partial charge >= 0.3 is 6.18 Å². The van der Waals surface area contributed by atoms with Gasteiger partial charge in [-0.15, -0.1) is 0 Å². The van der Waals surface area contributed by atoms with Crippen molar-refractivity contribution in [2.75, 3.05) is 6.61 Å².